The van der Waals surface area contributed by atoms with Crippen LogP contribution < -0.4 is 0 Å². The van der Waals surface area contributed by atoms with Crippen LogP contribution in [0.2, 0.25) is 11.1 Å². The quantitative estimate of drug-likeness (QED) is 0.555. The Morgan fingerprint density at radius 2 is 1.33 bits per heavy atom. The lowest BCUT2D eigenvalue weighted by Crippen LogP contribution is -2.24. The lowest BCUT2D eigenvalue weighted by atomic mass is 9.42. The zero-order chi connectivity index (χ0) is 9.94. The molecule has 0 aliphatic rings. The minimum atomic E-state index is 0.379. The fourth-order valence-corrected chi connectivity index (χ4v) is 1.06. The Labute approximate surface area is 79.4 Å². The third kappa shape index (κ3) is 3.64. The smallest absolute Gasteiger partial charge is 0.0694 e. The molecule has 1 radical (unpaired) electrons. The van der Waals surface area contributed by atoms with Crippen molar-refractivity contribution < 1.29 is 0 Å². The lowest BCUT2D eigenvalue weighted by Gasteiger charge is -2.32. The van der Waals surface area contributed by atoms with E-state index in [9.17, 15) is 0 Å². The highest BCUT2D eigenvalue weighted by Crippen LogP contribution is 2.37. The van der Waals surface area contributed by atoms with Gasteiger partial charge in [0.25, 0.3) is 0 Å². The highest BCUT2D eigenvalue weighted by Gasteiger charge is 2.26. The van der Waals surface area contributed by atoms with Gasteiger partial charge in [-0.05, 0) is 5.92 Å². The summed E-state index contributed by atoms with van der Waals surface area (Å²) in [5.74, 6) is 2.23. The maximum Gasteiger partial charge on any atom is 0.121 e. The highest BCUT2D eigenvalue weighted by molar-refractivity contribution is 6.41. The van der Waals surface area contributed by atoms with Crippen molar-refractivity contribution in [2.24, 2.45) is 11.8 Å². The molecule has 1 unspecified atom stereocenters. The predicted octanol–water partition coefficient (Wildman–Crippen LogP) is 4.01. The molecule has 0 saturated heterocycles. The van der Waals surface area contributed by atoms with Crippen LogP contribution in [0.4, 0.5) is 0 Å². The maximum absolute atomic E-state index is 2.50. The minimum Gasteiger partial charge on any atom is -0.0694 e. The average Bonchev–Trinajstić information content (AvgIpc) is 1.85. The van der Waals surface area contributed by atoms with E-state index in [1.165, 1.54) is 0 Å². The molecular weight excluding hydrogens is 143 g/mol. The summed E-state index contributed by atoms with van der Waals surface area (Å²) in [4.78, 5) is 0. The van der Waals surface area contributed by atoms with Crippen LogP contribution in [-0.2, 0) is 0 Å². The normalized spacial score (nSPS) is 15.4. The van der Waals surface area contributed by atoms with Crippen molar-refractivity contribution in [3.05, 3.63) is 0 Å². The Morgan fingerprint density at radius 1 is 0.917 bits per heavy atom. The first-order valence-electron chi connectivity index (χ1n) is 5.13. The zero-order valence-corrected chi connectivity index (χ0v) is 9.81. The van der Waals surface area contributed by atoms with E-state index in [0.717, 1.165) is 17.7 Å². The molecule has 0 rings (SSSR count). The van der Waals surface area contributed by atoms with E-state index >= 15 is 0 Å². The van der Waals surface area contributed by atoms with Gasteiger partial charge in [0.2, 0.25) is 0 Å². The van der Waals surface area contributed by atoms with Gasteiger partial charge >= 0.3 is 0 Å². The first kappa shape index (κ1) is 12.1. The van der Waals surface area contributed by atoms with Gasteiger partial charge in [0, 0.05) is 0 Å². The summed E-state index contributed by atoms with van der Waals surface area (Å²) >= 11 is 0. The number of rotatable bonds is 4. The van der Waals surface area contributed by atoms with Crippen LogP contribution >= 0.6 is 0 Å². The molecular formula is C11H24B. The van der Waals surface area contributed by atoms with E-state index in [4.69, 9.17) is 0 Å². The van der Waals surface area contributed by atoms with Gasteiger partial charge in [-0.25, -0.2) is 0 Å². The number of hydrogen-bond donors (Lipinski definition) is 0. The maximum atomic E-state index is 2.50. The Morgan fingerprint density at radius 3 is 1.58 bits per heavy atom. The molecule has 0 amide bonds. The molecule has 0 nitrogen and oxygen atoms in total. The molecule has 0 N–H and O–H groups in total. The van der Waals surface area contributed by atoms with E-state index in [-0.39, 0.29) is 0 Å². The summed E-state index contributed by atoms with van der Waals surface area (Å²) in [6.07, 6.45) is 0. The first-order chi connectivity index (χ1) is 5.27. The van der Waals surface area contributed by atoms with Crippen LogP contribution in [0, 0.1) is 11.8 Å². The molecule has 0 aliphatic carbocycles. The second kappa shape index (κ2) is 4.34. The molecule has 0 aliphatic heterocycles. The fraction of sp³-hybridized carbons (Fsp3) is 1.00. The summed E-state index contributed by atoms with van der Waals surface area (Å²) in [5, 5.41) is 0.379. The van der Waals surface area contributed by atoms with Crippen LogP contribution in [-0.4, -0.2) is 7.28 Å². The second-order valence-electron chi connectivity index (χ2n) is 5.25. The fourth-order valence-electron chi connectivity index (χ4n) is 1.06. The van der Waals surface area contributed by atoms with Crippen molar-refractivity contribution in [1.82, 2.24) is 0 Å². The van der Waals surface area contributed by atoms with Gasteiger partial charge in [-0.2, -0.15) is 0 Å². The van der Waals surface area contributed by atoms with E-state index in [0.29, 0.717) is 5.31 Å². The average molecular weight is 167 g/mol. The van der Waals surface area contributed by atoms with Crippen LogP contribution in [0.25, 0.3) is 0 Å². The topological polar surface area (TPSA) is 0 Å². The standard InChI is InChI=1S/C11H24B/c1-8(2)10(5)12-11(6,7)9(3)4/h8-10H,1-7H3. The highest BCUT2D eigenvalue weighted by atomic mass is 14.2. The molecule has 0 spiro atoms. The van der Waals surface area contributed by atoms with Gasteiger partial charge in [0.15, 0.2) is 0 Å². The summed E-state index contributed by atoms with van der Waals surface area (Å²) in [7, 11) is 2.50. The third-order valence-corrected chi connectivity index (χ3v) is 3.23. The Balaban J connectivity index is 4.05. The van der Waals surface area contributed by atoms with E-state index in [1.807, 2.05) is 0 Å². The van der Waals surface area contributed by atoms with Gasteiger partial charge in [0.1, 0.15) is 7.28 Å². The van der Waals surface area contributed by atoms with Crippen molar-refractivity contribution in [3.63, 3.8) is 0 Å². The summed E-state index contributed by atoms with van der Waals surface area (Å²) in [6, 6.07) is 0. The van der Waals surface area contributed by atoms with Crippen LogP contribution in [0.15, 0.2) is 0 Å². The Kier molecular flexibility index (Phi) is 4.37. The van der Waals surface area contributed by atoms with Crippen LogP contribution in [0.1, 0.15) is 48.5 Å². The molecule has 0 aromatic rings. The van der Waals surface area contributed by atoms with E-state index in [2.05, 4.69) is 55.7 Å². The lowest BCUT2D eigenvalue weighted by molar-refractivity contribution is 0.459. The summed E-state index contributed by atoms with van der Waals surface area (Å²) in [6.45, 7) is 16.1. The molecule has 0 bridgehead atoms. The summed E-state index contributed by atoms with van der Waals surface area (Å²) in [5.41, 5.74) is 0. The monoisotopic (exact) mass is 167 g/mol. The third-order valence-electron chi connectivity index (χ3n) is 3.23. The van der Waals surface area contributed by atoms with Gasteiger partial charge in [-0.15, -0.1) is 0 Å². The molecule has 0 aromatic heterocycles. The molecule has 0 heterocycles. The van der Waals surface area contributed by atoms with Crippen molar-refractivity contribution in [3.8, 4) is 0 Å². The van der Waals surface area contributed by atoms with Crippen molar-refractivity contribution in [2.45, 2.75) is 59.6 Å². The SMILES string of the molecule is CC(C)C(C)[B]C(C)(C)C(C)C. The predicted molar refractivity (Wildman–Crippen MR) is 58.9 cm³/mol. The molecule has 12 heavy (non-hydrogen) atoms. The van der Waals surface area contributed by atoms with Crippen molar-refractivity contribution >= 4 is 7.28 Å². The molecule has 0 fully saturated rings. The molecule has 0 saturated carbocycles. The van der Waals surface area contributed by atoms with Crippen molar-refractivity contribution in [1.29, 1.82) is 0 Å². The zero-order valence-electron chi connectivity index (χ0n) is 9.81. The Hall–Kier alpha value is 0.0649. The van der Waals surface area contributed by atoms with E-state index in [1.54, 1.807) is 0 Å². The van der Waals surface area contributed by atoms with Gasteiger partial charge in [-0.3, -0.25) is 0 Å². The molecule has 1 atom stereocenters. The van der Waals surface area contributed by atoms with Crippen molar-refractivity contribution in [2.75, 3.05) is 0 Å². The Bertz CT molecular complexity index is 125. The van der Waals surface area contributed by atoms with Gasteiger partial charge < -0.3 is 0 Å². The van der Waals surface area contributed by atoms with Gasteiger partial charge in [-0.1, -0.05) is 65.5 Å². The van der Waals surface area contributed by atoms with E-state index < -0.39 is 0 Å². The largest absolute Gasteiger partial charge is 0.121 e. The number of hydrogen-bond acceptors (Lipinski definition) is 0. The van der Waals surface area contributed by atoms with Gasteiger partial charge in [0.05, 0.1) is 0 Å². The first-order valence-corrected chi connectivity index (χ1v) is 5.13. The molecule has 0 aromatic carbocycles. The molecule has 1 heteroatoms. The molecule has 71 valence electrons. The van der Waals surface area contributed by atoms with Crippen LogP contribution in [0.5, 0.6) is 0 Å². The van der Waals surface area contributed by atoms with Crippen LogP contribution in [0.3, 0.4) is 0 Å². The minimum absolute atomic E-state index is 0.379. The second-order valence-corrected chi connectivity index (χ2v) is 5.25. The summed E-state index contributed by atoms with van der Waals surface area (Å²) < 4.78 is 0.